The molecule has 0 aromatic heterocycles. The Kier molecular flexibility index (Phi) is 0.820. The van der Waals surface area contributed by atoms with Crippen molar-refractivity contribution in [2.24, 2.45) is 5.41 Å². The Balaban J connectivity index is 2.17. The van der Waals surface area contributed by atoms with Gasteiger partial charge in [-0.1, -0.05) is 0 Å². The van der Waals surface area contributed by atoms with Crippen molar-refractivity contribution < 1.29 is 0 Å². The Morgan fingerprint density at radius 1 is 1.38 bits per heavy atom. The van der Waals surface area contributed by atoms with E-state index in [-0.39, 0.29) is 10.8 Å². The Morgan fingerprint density at radius 2 is 1.75 bits per heavy atom. The first kappa shape index (κ1) is 5.64. The zero-order valence-corrected chi connectivity index (χ0v) is 6.39. The molecular weight excluding hydrogens is 166 g/mol. The van der Waals surface area contributed by atoms with Crippen LogP contribution >= 0.6 is 34.8 Å². The van der Waals surface area contributed by atoms with Gasteiger partial charge in [0.2, 0.25) is 0 Å². The van der Waals surface area contributed by atoms with Crippen molar-refractivity contribution in [3.8, 4) is 0 Å². The molecule has 0 aliphatic heterocycles. The van der Waals surface area contributed by atoms with Gasteiger partial charge in [0.1, 0.15) is 4.33 Å². The Labute approximate surface area is 63.1 Å². The lowest BCUT2D eigenvalue weighted by molar-refractivity contribution is 0.881. The highest BCUT2D eigenvalue weighted by molar-refractivity contribution is 6.52. The second-order valence-electron chi connectivity index (χ2n) is 2.71. The molecule has 0 heterocycles. The summed E-state index contributed by atoms with van der Waals surface area (Å²) in [5.41, 5.74) is 0.150. The standard InChI is InChI=1S/C5H5Cl3/c6-3-1-4(3)2-5(4,7)8/h3H,1-2H2. The van der Waals surface area contributed by atoms with Crippen molar-refractivity contribution in [1.82, 2.24) is 0 Å². The molecule has 8 heavy (non-hydrogen) atoms. The van der Waals surface area contributed by atoms with E-state index in [1.54, 1.807) is 0 Å². The molecule has 0 bridgehead atoms. The van der Waals surface area contributed by atoms with Crippen LogP contribution < -0.4 is 0 Å². The molecule has 0 saturated heterocycles. The van der Waals surface area contributed by atoms with Gasteiger partial charge >= 0.3 is 0 Å². The van der Waals surface area contributed by atoms with Gasteiger partial charge in [-0.2, -0.15) is 0 Å². The minimum absolute atomic E-state index is 0.150. The van der Waals surface area contributed by atoms with Gasteiger partial charge in [-0.05, 0) is 12.8 Å². The molecule has 0 radical (unpaired) electrons. The summed E-state index contributed by atoms with van der Waals surface area (Å²) in [6.07, 6.45) is 1.92. The fraction of sp³-hybridized carbons (Fsp3) is 1.00. The quantitative estimate of drug-likeness (QED) is 0.492. The third kappa shape index (κ3) is 0.453. The van der Waals surface area contributed by atoms with Gasteiger partial charge in [0.25, 0.3) is 0 Å². The molecule has 2 atom stereocenters. The topological polar surface area (TPSA) is 0 Å². The Hall–Kier alpha value is 0.870. The molecule has 2 saturated carbocycles. The lowest BCUT2D eigenvalue weighted by Gasteiger charge is -1.89. The van der Waals surface area contributed by atoms with E-state index < -0.39 is 4.33 Å². The van der Waals surface area contributed by atoms with E-state index in [9.17, 15) is 0 Å². The average molecular weight is 171 g/mol. The van der Waals surface area contributed by atoms with Crippen molar-refractivity contribution in [1.29, 1.82) is 0 Å². The van der Waals surface area contributed by atoms with Gasteiger partial charge in [0.15, 0.2) is 0 Å². The van der Waals surface area contributed by atoms with Crippen LogP contribution in [-0.2, 0) is 0 Å². The van der Waals surface area contributed by atoms with E-state index in [4.69, 9.17) is 34.8 Å². The largest absolute Gasteiger partial charge is 0.126 e. The predicted molar refractivity (Wildman–Crippen MR) is 35.7 cm³/mol. The molecule has 46 valence electrons. The van der Waals surface area contributed by atoms with Gasteiger partial charge in [-0.3, -0.25) is 0 Å². The van der Waals surface area contributed by atoms with Crippen molar-refractivity contribution in [3.63, 3.8) is 0 Å². The van der Waals surface area contributed by atoms with E-state index in [0.717, 1.165) is 12.8 Å². The third-order valence-electron chi connectivity index (χ3n) is 2.12. The highest BCUT2D eigenvalue weighted by atomic mass is 35.5. The maximum atomic E-state index is 5.77. The summed E-state index contributed by atoms with van der Waals surface area (Å²) >= 11 is 17.3. The van der Waals surface area contributed by atoms with Crippen LogP contribution in [-0.4, -0.2) is 9.71 Å². The summed E-state index contributed by atoms with van der Waals surface area (Å²) < 4.78 is -0.459. The Bertz CT molecular complexity index is 143. The monoisotopic (exact) mass is 170 g/mol. The molecule has 3 heteroatoms. The molecule has 1 spiro atoms. The molecule has 0 aromatic carbocycles. The molecule has 0 N–H and O–H groups in total. The van der Waals surface area contributed by atoms with Crippen molar-refractivity contribution >= 4 is 34.8 Å². The third-order valence-corrected chi connectivity index (χ3v) is 3.72. The zero-order chi connectivity index (χ0) is 5.99. The molecule has 2 aliphatic rings. The van der Waals surface area contributed by atoms with Crippen LogP contribution in [0.1, 0.15) is 12.8 Å². The number of alkyl halides is 3. The Morgan fingerprint density at radius 3 is 1.75 bits per heavy atom. The van der Waals surface area contributed by atoms with Crippen molar-refractivity contribution in [2.45, 2.75) is 22.6 Å². The molecule has 0 amide bonds. The fourth-order valence-electron chi connectivity index (χ4n) is 1.17. The van der Waals surface area contributed by atoms with Crippen LogP contribution in [0.15, 0.2) is 0 Å². The van der Waals surface area contributed by atoms with E-state index in [1.165, 1.54) is 0 Å². The number of rotatable bonds is 0. The SMILES string of the molecule is ClC1CC12CC2(Cl)Cl. The lowest BCUT2D eigenvalue weighted by Crippen LogP contribution is -1.90. The molecule has 2 aliphatic carbocycles. The van der Waals surface area contributed by atoms with Gasteiger partial charge in [0.05, 0.1) is 0 Å². The van der Waals surface area contributed by atoms with Gasteiger partial charge < -0.3 is 0 Å². The normalized spacial score (nSPS) is 56.6. The fourth-order valence-corrected chi connectivity index (χ4v) is 2.72. The van der Waals surface area contributed by atoms with E-state index in [0.29, 0.717) is 0 Å². The number of hydrogen-bond acceptors (Lipinski definition) is 0. The molecule has 0 nitrogen and oxygen atoms in total. The van der Waals surface area contributed by atoms with Crippen LogP contribution in [0.4, 0.5) is 0 Å². The second-order valence-corrected chi connectivity index (χ2v) is 4.72. The first-order valence-corrected chi connectivity index (χ1v) is 3.80. The lowest BCUT2D eigenvalue weighted by atomic mass is 10.4. The first-order chi connectivity index (χ1) is 3.58. The number of halogens is 3. The average Bonchev–Trinajstić information content (AvgIpc) is 2.24. The summed E-state index contributed by atoms with van der Waals surface area (Å²) in [4.78, 5) is 0. The van der Waals surface area contributed by atoms with Gasteiger partial charge in [-0.25, -0.2) is 0 Å². The van der Waals surface area contributed by atoms with Crippen LogP contribution in [0.2, 0.25) is 0 Å². The number of hydrogen-bond donors (Lipinski definition) is 0. The van der Waals surface area contributed by atoms with Crippen molar-refractivity contribution in [3.05, 3.63) is 0 Å². The highest BCUT2D eigenvalue weighted by Gasteiger charge is 2.79. The van der Waals surface area contributed by atoms with Gasteiger partial charge in [-0.15, -0.1) is 34.8 Å². The van der Waals surface area contributed by atoms with E-state index >= 15 is 0 Å². The summed E-state index contributed by atoms with van der Waals surface area (Å²) in [6, 6.07) is 0. The highest BCUT2D eigenvalue weighted by Crippen LogP contribution is 2.79. The summed E-state index contributed by atoms with van der Waals surface area (Å²) in [6.45, 7) is 0. The van der Waals surface area contributed by atoms with Crippen molar-refractivity contribution in [2.75, 3.05) is 0 Å². The summed E-state index contributed by atoms with van der Waals surface area (Å²) in [5, 5.41) is 0.262. The van der Waals surface area contributed by atoms with Crippen LogP contribution in [0, 0.1) is 5.41 Å². The summed E-state index contributed by atoms with van der Waals surface area (Å²) in [5.74, 6) is 0. The van der Waals surface area contributed by atoms with E-state index in [2.05, 4.69) is 0 Å². The van der Waals surface area contributed by atoms with Gasteiger partial charge in [0, 0.05) is 10.8 Å². The second kappa shape index (κ2) is 1.16. The summed E-state index contributed by atoms with van der Waals surface area (Å²) in [7, 11) is 0. The molecular formula is C5H5Cl3. The molecule has 2 fully saturated rings. The van der Waals surface area contributed by atoms with Crippen LogP contribution in [0.5, 0.6) is 0 Å². The maximum absolute atomic E-state index is 5.77. The minimum Gasteiger partial charge on any atom is -0.122 e. The smallest absolute Gasteiger partial charge is 0.122 e. The molecule has 2 unspecified atom stereocenters. The predicted octanol–water partition coefficient (Wildman–Crippen LogP) is 2.56. The zero-order valence-electron chi connectivity index (χ0n) is 4.13. The first-order valence-electron chi connectivity index (χ1n) is 2.60. The minimum atomic E-state index is -0.459. The van der Waals surface area contributed by atoms with E-state index in [1.807, 2.05) is 0 Å². The molecule has 0 aromatic rings. The van der Waals surface area contributed by atoms with Crippen LogP contribution in [0.25, 0.3) is 0 Å². The maximum Gasteiger partial charge on any atom is 0.126 e. The van der Waals surface area contributed by atoms with Crippen LogP contribution in [0.3, 0.4) is 0 Å². The molecule has 2 rings (SSSR count).